The lowest BCUT2D eigenvalue weighted by Gasteiger charge is -2.29. The minimum atomic E-state index is -0.602. The topological polar surface area (TPSA) is 105 Å². The molecule has 8 heteroatoms. The van der Waals surface area contributed by atoms with Gasteiger partial charge in [-0.2, -0.15) is 0 Å². The van der Waals surface area contributed by atoms with Crippen LogP contribution in [0, 0.1) is 0 Å². The van der Waals surface area contributed by atoms with E-state index in [0.717, 1.165) is 29.0 Å². The fraction of sp³-hybridized carbons (Fsp3) is 0.348. The Hall–Kier alpha value is -3.39. The maximum Gasteiger partial charge on any atom is 0.255 e. The van der Waals surface area contributed by atoms with Gasteiger partial charge in [-0.05, 0) is 23.6 Å². The summed E-state index contributed by atoms with van der Waals surface area (Å²) in [6.07, 6.45) is 0.615. The smallest absolute Gasteiger partial charge is 0.255 e. The number of nitrogens with two attached hydrogens (primary N) is 1. The van der Waals surface area contributed by atoms with Gasteiger partial charge in [0.2, 0.25) is 11.8 Å². The first-order chi connectivity index (χ1) is 15.0. The van der Waals surface area contributed by atoms with Crippen molar-refractivity contribution in [2.45, 2.75) is 38.5 Å². The second-order valence-electron chi connectivity index (χ2n) is 8.28. The van der Waals surface area contributed by atoms with Crippen molar-refractivity contribution in [1.82, 2.24) is 15.1 Å². The summed E-state index contributed by atoms with van der Waals surface area (Å²) in [6, 6.07) is 11.0. The zero-order valence-corrected chi connectivity index (χ0v) is 17.1. The molecule has 1 saturated heterocycles. The number of rotatable bonds is 3. The Morgan fingerprint density at radius 3 is 2.81 bits per heavy atom. The van der Waals surface area contributed by atoms with Crippen LogP contribution < -0.4 is 15.8 Å². The number of amides is 3. The van der Waals surface area contributed by atoms with Crippen molar-refractivity contribution in [3.63, 3.8) is 0 Å². The maximum atomic E-state index is 13.3. The van der Waals surface area contributed by atoms with E-state index < -0.39 is 6.04 Å². The molecule has 3 amide bonds. The van der Waals surface area contributed by atoms with Gasteiger partial charge in [0.15, 0.2) is 0 Å². The number of fused-ring (bicyclic) bond motifs is 2. The lowest BCUT2D eigenvalue weighted by molar-refractivity contribution is -0.136. The first-order valence-corrected chi connectivity index (χ1v) is 10.5. The Kier molecular flexibility index (Phi) is 4.86. The van der Waals surface area contributed by atoms with E-state index in [1.165, 1.54) is 0 Å². The highest BCUT2D eigenvalue weighted by Gasteiger charge is 2.40. The molecular weight excluding hydrogens is 396 g/mol. The van der Waals surface area contributed by atoms with Crippen molar-refractivity contribution in [1.29, 1.82) is 0 Å². The van der Waals surface area contributed by atoms with Crippen molar-refractivity contribution in [2.75, 3.05) is 18.9 Å². The molecule has 1 atom stereocenters. The molecule has 1 fully saturated rings. The summed E-state index contributed by atoms with van der Waals surface area (Å²) in [6.45, 7) is 2.96. The van der Waals surface area contributed by atoms with Gasteiger partial charge in [-0.15, -0.1) is 0 Å². The number of benzene rings is 2. The molecule has 2 aromatic rings. The SMILES string of the molecule is Nc1ccc2c(c1)OCCN(Cc1cccc3c1C(=O)N(C1CCC(=O)NC1=O)C3)C2. The number of carbonyl (C=O) groups is 3. The molecule has 3 N–H and O–H groups in total. The maximum absolute atomic E-state index is 13.3. The second-order valence-corrected chi connectivity index (χ2v) is 8.28. The van der Waals surface area contributed by atoms with Gasteiger partial charge in [-0.25, -0.2) is 0 Å². The number of anilines is 1. The molecule has 31 heavy (non-hydrogen) atoms. The minimum Gasteiger partial charge on any atom is -0.492 e. The predicted molar refractivity (Wildman–Crippen MR) is 113 cm³/mol. The molecule has 3 aliphatic heterocycles. The number of ether oxygens (including phenoxy) is 1. The molecule has 8 nitrogen and oxygen atoms in total. The average Bonchev–Trinajstić information content (AvgIpc) is 2.94. The van der Waals surface area contributed by atoms with Gasteiger partial charge in [-0.1, -0.05) is 24.3 Å². The number of nitrogen functional groups attached to an aromatic ring is 1. The molecule has 0 aromatic heterocycles. The monoisotopic (exact) mass is 420 g/mol. The van der Waals surface area contributed by atoms with Crippen molar-refractivity contribution in [3.05, 3.63) is 58.7 Å². The number of carbonyl (C=O) groups excluding carboxylic acids is 3. The quantitative estimate of drug-likeness (QED) is 0.575. The Labute approximate surface area is 179 Å². The van der Waals surface area contributed by atoms with E-state index in [4.69, 9.17) is 10.5 Å². The summed E-state index contributed by atoms with van der Waals surface area (Å²) in [5, 5.41) is 2.35. The highest BCUT2D eigenvalue weighted by molar-refractivity contribution is 6.06. The van der Waals surface area contributed by atoms with Gasteiger partial charge < -0.3 is 15.4 Å². The fourth-order valence-corrected chi connectivity index (χ4v) is 4.64. The van der Waals surface area contributed by atoms with Crippen molar-refractivity contribution in [2.24, 2.45) is 0 Å². The molecule has 5 rings (SSSR count). The van der Waals surface area contributed by atoms with E-state index in [-0.39, 0.29) is 24.1 Å². The molecule has 160 valence electrons. The van der Waals surface area contributed by atoms with Crippen LogP contribution in [0.15, 0.2) is 36.4 Å². The van der Waals surface area contributed by atoms with Crippen LogP contribution in [0.4, 0.5) is 5.69 Å². The number of nitrogens with one attached hydrogen (secondary N) is 1. The molecule has 0 saturated carbocycles. The van der Waals surface area contributed by atoms with E-state index in [1.54, 1.807) is 4.90 Å². The molecule has 0 spiro atoms. The predicted octanol–water partition coefficient (Wildman–Crippen LogP) is 1.42. The minimum absolute atomic E-state index is 0.139. The lowest BCUT2D eigenvalue weighted by Crippen LogP contribution is -2.52. The Bertz CT molecular complexity index is 1080. The lowest BCUT2D eigenvalue weighted by atomic mass is 10.0. The average molecular weight is 420 g/mol. The van der Waals surface area contributed by atoms with Gasteiger partial charge in [0, 0.05) is 55.5 Å². The molecule has 0 radical (unpaired) electrons. The van der Waals surface area contributed by atoms with Gasteiger partial charge in [0.25, 0.3) is 5.91 Å². The first-order valence-electron chi connectivity index (χ1n) is 10.5. The van der Waals surface area contributed by atoms with E-state index in [9.17, 15) is 14.4 Å². The zero-order chi connectivity index (χ0) is 21.5. The van der Waals surface area contributed by atoms with E-state index >= 15 is 0 Å². The summed E-state index contributed by atoms with van der Waals surface area (Å²) in [4.78, 5) is 40.9. The van der Waals surface area contributed by atoms with E-state index in [2.05, 4.69) is 10.2 Å². The Morgan fingerprint density at radius 2 is 1.97 bits per heavy atom. The number of hydrogen-bond acceptors (Lipinski definition) is 6. The summed E-state index contributed by atoms with van der Waals surface area (Å²) < 4.78 is 5.86. The van der Waals surface area contributed by atoms with Gasteiger partial charge in [0.1, 0.15) is 18.4 Å². The van der Waals surface area contributed by atoms with E-state index in [1.807, 2.05) is 36.4 Å². The first kappa shape index (κ1) is 19.6. The van der Waals surface area contributed by atoms with Crippen molar-refractivity contribution in [3.8, 4) is 5.75 Å². The normalized spacial score (nSPS) is 21.2. The molecule has 1 unspecified atom stereocenters. The van der Waals surface area contributed by atoms with Gasteiger partial charge in [-0.3, -0.25) is 24.6 Å². The van der Waals surface area contributed by atoms with Crippen LogP contribution in [0.1, 0.15) is 39.9 Å². The van der Waals surface area contributed by atoms with E-state index in [0.29, 0.717) is 43.9 Å². The number of nitrogens with zero attached hydrogens (tertiary/aromatic N) is 2. The molecular formula is C23H24N4O4. The number of imide groups is 1. The second kappa shape index (κ2) is 7.70. The largest absolute Gasteiger partial charge is 0.492 e. The van der Waals surface area contributed by atoms with Crippen molar-refractivity contribution >= 4 is 23.4 Å². The van der Waals surface area contributed by atoms with Gasteiger partial charge in [0.05, 0.1) is 0 Å². The standard InChI is InChI=1S/C23H24N4O4/c24-17-5-4-14-11-26(8-9-31-19(14)10-17)12-15-2-1-3-16-13-27(23(30)21(15)16)18-6-7-20(28)25-22(18)29/h1-5,10,18H,6-9,11-13,24H2,(H,25,28,29). The molecule has 0 bridgehead atoms. The van der Waals surface area contributed by atoms with Crippen LogP contribution in [0.5, 0.6) is 5.75 Å². The highest BCUT2D eigenvalue weighted by atomic mass is 16.5. The van der Waals surface area contributed by atoms with Crippen molar-refractivity contribution < 1.29 is 19.1 Å². The number of hydrogen-bond donors (Lipinski definition) is 2. The third-order valence-corrected chi connectivity index (χ3v) is 6.18. The summed E-state index contributed by atoms with van der Waals surface area (Å²) in [5.41, 5.74) is 10.2. The van der Waals surface area contributed by atoms with Crippen LogP contribution in [0.25, 0.3) is 0 Å². The Morgan fingerprint density at radius 1 is 1.10 bits per heavy atom. The van der Waals surface area contributed by atoms with Crippen LogP contribution in [0.3, 0.4) is 0 Å². The molecule has 3 aliphatic rings. The molecule has 2 aromatic carbocycles. The Balaban J connectivity index is 1.37. The highest BCUT2D eigenvalue weighted by Crippen LogP contribution is 2.32. The van der Waals surface area contributed by atoms with Gasteiger partial charge >= 0.3 is 0 Å². The van der Waals surface area contributed by atoms with Crippen LogP contribution in [-0.4, -0.2) is 46.7 Å². The zero-order valence-electron chi connectivity index (χ0n) is 17.1. The third-order valence-electron chi connectivity index (χ3n) is 6.18. The summed E-state index contributed by atoms with van der Waals surface area (Å²) >= 11 is 0. The fourth-order valence-electron chi connectivity index (χ4n) is 4.64. The molecule has 0 aliphatic carbocycles. The third kappa shape index (κ3) is 3.63. The van der Waals surface area contributed by atoms with Crippen LogP contribution in [-0.2, 0) is 29.2 Å². The molecule has 3 heterocycles. The van der Waals surface area contributed by atoms with Crippen LogP contribution >= 0.6 is 0 Å². The summed E-state index contributed by atoms with van der Waals surface area (Å²) in [7, 11) is 0. The summed E-state index contributed by atoms with van der Waals surface area (Å²) in [5.74, 6) is -0.00346. The van der Waals surface area contributed by atoms with Crippen LogP contribution in [0.2, 0.25) is 0 Å². The number of piperidine rings is 1.